The fourth-order valence-electron chi connectivity index (χ4n) is 3.27. The molecule has 2 aliphatic rings. The third-order valence-corrected chi connectivity index (χ3v) is 4.58. The lowest BCUT2D eigenvalue weighted by Gasteiger charge is -2.36. The summed E-state index contributed by atoms with van der Waals surface area (Å²) in [5.41, 5.74) is 2.38. The van der Waals surface area contributed by atoms with Crippen LogP contribution in [0.25, 0.3) is 0 Å². The third kappa shape index (κ3) is 2.52. The van der Waals surface area contributed by atoms with Crippen LogP contribution in [0.2, 0.25) is 0 Å². The lowest BCUT2D eigenvalue weighted by Crippen LogP contribution is -2.49. The van der Waals surface area contributed by atoms with E-state index in [0.29, 0.717) is 6.04 Å². The fourth-order valence-corrected chi connectivity index (χ4v) is 3.27. The van der Waals surface area contributed by atoms with Gasteiger partial charge in [-0.05, 0) is 38.6 Å². The number of benzene rings is 1. The van der Waals surface area contributed by atoms with Crippen LogP contribution < -0.4 is 5.32 Å². The lowest BCUT2D eigenvalue weighted by molar-refractivity contribution is -0.133. The molecule has 0 spiro atoms. The van der Waals surface area contributed by atoms with Gasteiger partial charge in [0.25, 0.3) is 0 Å². The van der Waals surface area contributed by atoms with Gasteiger partial charge in [0.15, 0.2) is 0 Å². The average molecular weight is 273 g/mol. The van der Waals surface area contributed by atoms with E-state index in [1.165, 1.54) is 5.56 Å². The Morgan fingerprint density at radius 3 is 2.60 bits per heavy atom. The third-order valence-electron chi connectivity index (χ3n) is 4.58. The van der Waals surface area contributed by atoms with E-state index < -0.39 is 0 Å². The molecule has 20 heavy (non-hydrogen) atoms. The second-order valence-electron chi connectivity index (χ2n) is 6.08. The molecular formula is C16H23N3O. The zero-order valence-corrected chi connectivity index (χ0v) is 12.3. The topological polar surface area (TPSA) is 35.6 Å². The number of hydrogen-bond acceptors (Lipinski definition) is 3. The normalized spacial score (nSPS) is 22.8. The van der Waals surface area contributed by atoms with Crippen LogP contribution >= 0.6 is 0 Å². The Kier molecular flexibility index (Phi) is 3.66. The molecule has 0 radical (unpaired) electrons. The summed E-state index contributed by atoms with van der Waals surface area (Å²) in [6.45, 7) is 1.77. The number of carbonyl (C=O) groups is 1. The first-order valence-electron chi connectivity index (χ1n) is 7.45. The van der Waals surface area contributed by atoms with E-state index in [0.717, 1.165) is 38.0 Å². The van der Waals surface area contributed by atoms with Crippen LogP contribution in [0.1, 0.15) is 18.4 Å². The maximum absolute atomic E-state index is 12.6. The number of nitrogens with one attached hydrogen (secondary N) is 1. The second-order valence-corrected chi connectivity index (χ2v) is 6.08. The Hall–Kier alpha value is -1.55. The van der Waals surface area contributed by atoms with Crippen LogP contribution in [0.5, 0.6) is 0 Å². The highest BCUT2D eigenvalue weighted by Gasteiger charge is 2.32. The SMILES string of the molecule is CN(C)C1CCN(C(=O)[C@@H]2Cc3ccccc3N2)CC1. The molecule has 0 aromatic heterocycles. The van der Waals surface area contributed by atoms with Crippen LogP contribution in [0.3, 0.4) is 0 Å². The summed E-state index contributed by atoms with van der Waals surface area (Å²) >= 11 is 0. The molecule has 2 heterocycles. The van der Waals surface area contributed by atoms with Crippen LogP contribution in [0.15, 0.2) is 24.3 Å². The smallest absolute Gasteiger partial charge is 0.245 e. The summed E-state index contributed by atoms with van der Waals surface area (Å²) in [5, 5.41) is 3.36. The number of hydrogen-bond donors (Lipinski definition) is 1. The predicted octanol–water partition coefficient (Wildman–Crippen LogP) is 1.58. The Morgan fingerprint density at radius 2 is 1.95 bits per heavy atom. The molecule has 1 amide bonds. The molecule has 0 unspecified atom stereocenters. The van der Waals surface area contributed by atoms with Gasteiger partial charge in [-0.1, -0.05) is 18.2 Å². The Balaban J connectivity index is 1.59. The van der Waals surface area contributed by atoms with Crippen molar-refractivity contribution in [3.8, 4) is 0 Å². The second kappa shape index (κ2) is 5.44. The predicted molar refractivity (Wildman–Crippen MR) is 80.8 cm³/mol. The van der Waals surface area contributed by atoms with Gasteiger partial charge in [-0.25, -0.2) is 0 Å². The number of fused-ring (bicyclic) bond motifs is 1. The Labute approximate surface area is 120 Å². The summed E-state index contributed by atoms with van der Waals surface area (Å²) < 4.78 is 0. The maximum atomic E-state index is 12.6. The van der Waals surface area contributed by atoms with Gasteiger partial charge in [-0.15, -0.1) is 0 Å². The Bertz CT molecular complexity index is 467. The average Bonchev–Trinajstić information content (AvgIpc) is 2.90. The molecule has 1 atom stereocenters. The molecule has 4 nitrogen and oxygen atoms in total. The van der Waals surface area contributed by atoms with Crippen molar-refractivity contribution in [3.05, 3.63) is 29.8 Å². The molecule has 1 saturated heterocycles. The molecule has 0 saturated carbocycles. The minimum absolute atomic E-state index is 0.0664. The summed E-state index contributed by atoms with van der Waals surface area (Å²) in [6.07, 6.45) is 2.99. The first-order valence-corrected chi connectivity index (χ1v) is 7.45. The molecule has 0 aliphatic carbocycles. The van der Waals surface area contributed by atoms with Crippen molar-refractivity contribution in [1.29, 1.82) is 0 Å². The molecule has 1 aromatic carbocycles. The minimum atomic E-state index is -0.0664. The minimum Gasteiger partial charge on any atom is -0.373 e. The first-order chi connectivity index (χ1) is 9.65. The van der Waals surface area contributed by atoms with E-state index in [1.54, 1.807) is 0 Å². The molecule has 1 fully saturated rings. The highest BCUT2D eigenvalue weighted by molar-refractivity contribution is 5.87. The van der Waals surface area contributed by atoms with Gasteiger partial charge < -0.3 is 15.1 Å². The molecule has 0 bridgehead atoms. The number of carbonyl (C=O) groups excluding carboxylic acids is 1. The monoisotopic (exact) mass is 273 g/mol. The molecule has 4 heteroatoms. The van der Waals surface area contributed by atoms with Crippen molar-refractivity contribution in [1.82, 2.24) is 9.80 Å². The number of likely N-dealkylation sites (tertiary alicyclic amines) is 1. The van der Waals surface area contributed by atoms with Gasteiger partial charge >= 0.3 is 0 Å². The fraction of sp³-hybridized carbons (Fsp3) is 0.562. The number of piperidine rings is 1. The number of anilines is 1. The standard InChI is InChI=1S/C16H23N3O/c1-18(2)13-7-9-19(10-8-13)16(20)15-11-12-5-3-4-6-14(12)17-15/h3-6,13,15,17H,7-11H2,1-2H3/t15-/m0/s1. The maximum Gasteiger partial charge on any atom is 0.245 e. The van der Waals surface area contributed by atoms with Crippen molar-refractivity contribution < 1.29 is 4.79 Å². The summed E-state index contributed by atoms with van der Waals surface area (Å²) in [7, 11) is 4.24. The zero-order chi connectivity index (χ0) is 14.1. The molecule has 3 rings (SSSR count). The highest BCUT2D eigenvalue weighted by Crippen LogP contribution is 2.26. The molecule has 1 N–H and O–H groups in total. The van der Waals surface area contributed by atoms with Gasteiger partial charge in [-0.3, -0.25) is 4.79 Å². The van der Waals surface area contributed by atoms with Gasteiger partial charge in [0.1, 0.15) is 6.04 Å². The largest absolute Gasteiger partial charge is 0.373 e. The number of nitrogens with zero attached hydrogens (tertiary/aromatic N) is 2. The van der Waals surface area contributed by atoms with Gasteiger partial charge in [0.05, 0.1) is 0 Å². The van der Waals surface area contributed by atoms with E-state index >= 15 is 0 Å². The van der Waals surface area contributed by atoms with Crippen molar-refractivity contribution in [3.63, 3.8) is 0 Å². The van der Waals surface area contributed by atoms with Crippen molar-refractivity contribution >= 4 is 11.6 Å². The number of para-hydroxylation sites is 1. The van der Waals surface area contributed by atoms with Crippen molar-refractivity contribution in [2.24, 2.45) is 0 Å². The van der Waals surface area contributed by atoms with Gasteiger partial charge in [-0.2, -0.15) is 0 Å². The van der Waals surface area contributed by atoms with Gasteiger partial charge in [0.2, 0.25) is 5.91 Å². The number of amides is 1. The lowest BCUT2D eigenvalue weighted by atomic mass is 10.0. The summed E-state index contributed by atoms with van der Waals surface area (Å²) in [6, 6.07) is 8.77. The van der Waals surface area contributed by atoms with Gasteiger partial charge in [0, 0.05) is 31.2 Å². The first kappa shape index (κ1) is 13.4. The highest BCUT2D eigenvalue weighted by atomic mass is 16.2. The zero-order valence-electron chi connectivity index (χ0n) is 12.3. The van der Waals surface area contributed by atoms with E-state index in [-0.39, 0.29) is 11.9 Å². The van der Waals surface area contributed by atoms with Crippen LogP contribution in [0, 0.1) is 0 Å². The van der Waals surface area contributed by atoms with Crippen molar-refractivity contribution in [2.75, 3.05) is 32.5 Å². The summed E-state index contributed by atoms with van der Waals surface area (Å²) in [4.78, 5) is 16.9. The van der Waals surface area contributed by atoms with Crippen LogP contribution in [-0.4, -0.2) is 55.0 Å². The molecular weight excluding hydrogens is 250 g/mol. The van der Waals surface area contributed by atoms with E-state index in [9.17, 15) is 4.79 Å². The van der Waals surface area contributed by atoms with Crippen LogP contribution in [-0.2, 0) is 11.2 Å². The van der Waals surface area contributed by atoms with E-state index in [1.807, 2.05) is 17.0 Å². The molecule has 1 aromatic rings. The Morgan fingerprint density at radius 1 is 1.25 bits per heavy atom. The van der Waals surface area contributed by atoms with Crippen LogP contribution in [0.4, 0.5) is 5.69 Å². The number of rotatable bonds is 2. The summed E-state index contributed by atoms with van der Waals surface area (Å²) in [5.74, 6) is 0.262. The quantitative estimate of drug-likeness (QED) is 0.888. The molecule has 108 valence electrons. The van der Waals surface area contributed by atoms with E-state index in [4.69, 9.17) is 0 Å². The molecule has 2 aliphatic heterocycles. The van der Waals surface area contributed by atoms with E-state index in [2.05, 4.69) is 36.4 Å². The van der Waals surface area contributed by atoms with Crippen molar-refractivity contribution in [2.45, 2.75) is 31.3 Å².